The van der Waals surface area contributed by atoms with Crippen molar-refractivity contribution in [2.75, 3.05) is 13.2 Å². The average molecular weight is 286 g/mol. The minimum absolute atomic E-state index is 0.0954. The fourth-order valence-corrected chi connectivity index (χ4v) is 1.95. The lowest BCUT2D eigenvalue weighted by Crippen LogP contribution is -2.34. The standard InChI is InChI=1S/C15H24ClNO2/c1-11(13-7-5-6-8-14(13)16)17-9-12(18)10-19-15(2,3)4/h5-8,11-12,17-18H,9-10H2,1-4H3/t11-,12?/m1/s1. The van der Waals surface area contributed by atoms with Gasteiger partial charge in [0.25, 0.3) is 0 Å². The molecule has 0 spiro atoms. The molecule has 1 aromatic rings. The van der Waals surface area contributed by atoms with Crippen molar-refractivity contribution in [3.63, 3.8) is 0 Å². The van der Waals surface area contributed by atoms with Crippen LogP contribution in [0.4, 0.5) is 0 Å². The molecule has 0 amide bonds. The van der Waals surface area contributed by atoms with Crippen molar-refractivity contribution in [1.29, 1.82) is 0 Å². The Morgan fingerprint density at radius 3 is 2.53 bits per heavy atom. The highest BCUT2D eigenvalue weighted by molar-refractivity contribution is 6.31. The molecule has 19 heavy (non-hydrogen) atoms. The Morgan fingerprint density at radius 1 is 1.32 bits per heavy atom. The third-order valence-corrected chi connectivity index (χ3v) is 3.08. The van der Waals surface area contributed by atoms with Gasteiger partial charge in [-0.05, 0) is 39.3 Å². The van der Waals surface area contributed by atoms with Gasteiger partial charge in [-0.25, -0.2) is 0 Å². The largest absolute Gasteiger partial charge is 0.389 e. The number of ether oxygens (including phenoxy) is 1. The maximum Gasteiger partial charge on any atom is 0.0898 e. The number of aliphatic hydroxyl groups is 1. The Kier molecular flexibility index (Phi) is 6.27. The van der Waals surface area contributed by atoms with E-state index in [0.29, 0.717) is 13.2 Å². The first kappa shape index (κ1) is 16.4. The van der Waals surface area contributed by atoms with E-state index in [-0.39, 0.29) is 11.6 Å². The van der Waals surface area contributed by atoms with Crippen LogP contribution in [0.25, 0.3) is 0 Å². The number of nitrogens with one attached hydrogen (secondary N) is 1. The summed E-state index contributed by atoms with van der Waals surface area (Å²) in [4.78, 5) is 0. The quantitative estimate of drug-likeness (QED) is 0.843. The van der Waals surface area contributed by atoms with Crippen LogP contribution in [0, 0.1) is 0 Å². The molecule has 2 N–H and O–H groups in total. The Hall–Kier alpha value is -0.610. The van der Waals surface area contributed by atoms with Crippen LogP contribution in [0.2, 0.25) is 5.02 Å². The summed E-state index contributed by atoms with van der Waals surface area (Å²) in [6.07, 6.45) is -0.524. The molecular weight excluding hydrogens is 262 g/mol. The Labute approximate surface area is 120 Å². The molecule has 0 fully saturated rings. The van der Waals surface area contributed by atoms with Crippen LogP contribution < -0.4 is 5.32 Å². The third kappa shape index (κ3) is 6.39. The highest BCUT2D eigenvalue weighted by Gasteiger charge is 2.15. The zero-order valence-electron chi connectivity index (χ0n) is 12.1. The minimum atomic E-state index is -0.524. The molecule has 0 aromatic heterocycles. The van der Waals surface area contributed by atoms with Gasteiger partial charge in [-0.3, -0.25) is 0 Å². The monoisotopic (exact) mass is 285 g/mol. The van der Waals surface area contributed by atoms with Gasteiger partial charge in [0.05, 0.1) is 18.3 Å². The van der Waals surface area contributed by atoms with E-state index in [0.717, 1.165) is 10.6 Å². The molecule has 108 valence electrons. The van der Waals surface area contributed by atoms with Crippen LogP contribution in [-0.2, 0) is 4.74 Å². The predicted octanol–water partition coefficient (Wildman–Crippen LogP) is 3.17. The minimum Gasteiger partial charge on any atom is -0.389 e. The molecule has 0 aliphatic heterocycles. The molecule has 1 unspecified atom stereocenters. The van der Waals surface area contributed by atoms with Crippen LogP contribution in [0.15, 0.2) is 24.3 Å². The number of rotatable bonds is 6. The van der Waals surface area contributed by atoms with E-state index in [4.69, 9.17) is 16.3 Å². The first-order chi connectivity index (χ1) is 8.79. The summed E-state index contributed by atoms with van der Waals surface area (Å²) in [7, 11) is 0. The molecule has 0 radical (unpaired) electrons. The number of hydrogen-bond donors (Lipinski definition) is 2. The number of halogens is 1. The second-order valence-electron chi connectivity index (χ2n) is 5.73. The van der Waals surface area contributed by atoms with Crippen molar-refractivity contribution < 1.29 is 9.84 Å². The summed E-state index contributed by atoms with van der Waals surface area (Å²) >= 11 is 6.13. The van der Waals surface area contributed by atoms with E-state index < -0.39 is 6.10 Å². The van der Waals surface area contributed by atoms with Crippen LogP contribution in [0.5, 0.6) is 0 Å². The molecule has 4 heteroatoms. The Morgan fingerprint density at radius 2 is 1.95 bits per heavy atom. The van der Waals surface area contributed by atoms with Gasteiger partial charge in [0.15, 0.2) is 0 Å². The molecule has 0 heterocycles. The highest BCUT2D eigenvalue weighted by Crippen LogP contribution is 2.21. The topological polar surface area (TPSA) is 41.5 Å². The summed E-state index contributed by atoms with van der Waals surface area (Å²) in [5.74, 6) is 0. The number of aliphatic hydroxyl groups excluding tert-OH is 1. The average Bonchev–Trinajstić information content (AvgIpc) is 2.33. The van der Waals surface area contributed by atoms with Gasteiger partial charge in [0.2, 0.25) is 0 Å². The molecule has 2 atom stereocenters. The van der Waals surface area contributed by atoms with Gasteiger partial charge in [0.1, 0.15) is 0 Å². The fourth-order valence-electron chi connectivity index (χ4n) is 1.65. The summed E-state index contributed by atoms with van der Waals surface area (Å²) in [6, 6.07) is 7.81. The molecular formula is C15H24ClNO2. The normalized spacial score (nSPS) is 15.3. The summed E-state index contributed by atoms with van der Waals surface area (Å²) in [5.41, 5.74) is 0.808. The number of hydrogen-bond acceptors (Lipinski definition) is 3. The van der Waals surface area contributed by atoms with Gasteiger partial charge in [-0.15, -0.1) is 0 Å². The summed E-state index contributed by atoms with van der Waals surface area (Å²) in [5, 5.41) is 13.9. The second kappa shape index (κ2) is 7.25. The number of benzene rings is 1. The van der Waals surface area contributed by atoms with E-state index in [1.54, 1.807) is 0 Å². The molecule has 0 aliphatic carbocycles. The van der Waals surface area contributed by atoms with Gasteiger partial charge in [0, 0.05) is 17.6 Å². The van der Waals surface area contributed by atoms with Crippen molar-refractivity contribution in [1.82, 2.24) is 5.32 Å². The van der Waals surface area contributed by atoms with Crippen LogP contribution in [0.3, 0.4) is 0 Å². The van der Waals surface area contributed by atoms with E-state index in [1.165, 1.54) is 0 Å². The second-order valence-corrected chi connectivity index (χ2v) is 6.14. The van der Waals surface area contributed by atoms with Crippen LogP contribution in [0.1, 0.15) is 39.3 Å². The van der Waals surface area contributed by atoms with E-state index in [2.05, 4.69) is 5.32 Å². The molecule has 0 aliphatic rings. The van der Waals surface area contributed by atoms with Crippen molar-refractivity contribution in [2.45, 2.75) is 45.4 Å². The highest BCUT2D eigenvalue weighted by atomic mass is 35.5. The molecule has 0 saturated heterocycles. The van der Waals surface area contributed by atoms with Crippen LogP contribution >= 0.6 is 11.6 Å². The fraction of sp³-hybridized carbons (Fsp3) is 0.600. The zero-order chi connectivity index (χ0) is 14.5. The van der Waals surface area contributed by atoms with Gasteiger partial charge in [-0.1, -0.05) is 29.8 Å². The molecule has 1 aromatic carbocycles. The molecule has 0 saturated carbocycles. The van der Waals surface area contributed by atoms with Gasteiger partial charge < -0.3 is 15.2 Å². The smallest absolute Gasteiger partial charge is 0.0898 e. The van der Waals surface area contributed by atoms with Gasteiger partial charge in [-0.2, -0.15) is 0 Å². The third-order valence-electron chi connectivity index (χ3n) is 2.74. The van der Waals surface area contributed by atoms with Crippen molar-refractivity contribution >= 4 is 11.6 Å². The maximum atomic E-state index is 9.86. The van der Waals surface area contributed by atoms with E-state index >= 15 is 0 Å². The lowest BCUT2D eigenvalue weighted by molar-refractivity contribution is -0.0482. The van der Waals surface area contributed by atoms with Crippen LogP contribution in [-0.4, -0.2) is 30.0 Å². The summed E-state index contributed by atoms with van der Waals surface area (Å²) < 4.78 is 5.54. The zero-order valence-corrected chi connectivity index (χ0v) is 12.9. The molecule has 3 nitrogen and oxygen atoms in total. The molecule has 0 bridgehead atoms. The Balaban J connectivity index is 2.38. The van der Waals surface area contributed by atoms with Crippen molar-refractivity contribution in [2.24, 2.45) is 0 Å². The molecule has 1 rings (SSSR count). The van der Waals surface area contributed by atoms with E-state index in [9.17, 15) is 5.11 Å². The SMILES string of the molecule is C[C@@H](NCC(O)COC(C)(C)C)c1ccccc1Cl. The first-order valence-corrected chi connectivity index (χ1v) is 6.97. The van der Waals surface area contributed by atoms with Crippen molar-refractivity contribution in [3.05, 3.63) is 34.9 Å². The van der Waals surface area contributed by atoms with E-state index in [1.807, 2.05) is 52.0 Å². The first-order valence-electron chi connectivity index (χ1n) is 6.59. The van der Waals surface area contributed by atoms with Crippen molar-refractivity contribution in [3.8, 4) is 0 Å². The summed E-state index contributed by atoms with van der Waals surface area (Å²) in [6.45, 7) is 8.74. The lowest BCUT2D eigenvalue weighted by atomic mass is 10.1. The van der Waals surface area contributed by atoms with Gasteiger partial charge >= 0.3 is 0 Å². The Bertz CT molecular complexity index is 390. The lowest BCUT2D eigenvalue weighted by Gasteiger charge is -2.23. The maximum absolute atomic E-state index is 9.86. The predicted molar refractivity (Wildman–Crippen MR) is 79.6 cm³/mol.